The Balaban J connectivity index is 1.84. The quantitative estimate of drug-likeness (QED) is 0.321. The molecule has 0 bridgehead atoms. The lowest BCUT2D eigenvalue weighted by molar-refractivity contribution is -0.112. The Morgan fingerprint density at radius 2 is 1.71 bits per heavy atom. The summed E-state index contributed by atoms with van der Waals surface area (Å²) < 4.78 is 7.44. The fourth-order valence-corrected chi connectivity index (χ4v) is 3.73. The predicted octanol–water partition coefficient (Wildman–Crippen LogP) is 5.27. The number of fused-ring (bicyclic) bond motifs is 1. The molecule has 7 nitrogen and oxygen atoms in total. The van der Waals surface area contributed by atoms with Crippen LogP contribution in [0.3, 0.4) is 0 Å². The van der Waals surface area contributed by atoms with E-state index in [9.17, 15) is 14.9 Å². The molecule has 7 heteroatoms. The molecule has 0 spiro atoms. The predicted molar refractivity (Wildman–Crippen MR) is 136 cm³/mol. The average Bonchev–Trinajstić information content (AvgIpc) is 2.80. The van der Waals surface area contributed by atoms with Crippen LogP contribution in [-0.4, -0.2) is 15.3 Å². The highest BCUT2D eigenvalue weighted by atomic mass is 16.5. The first-order chi connectivity index (χ1) is 16.7. The Kier molecular flexibility index (Phi) is 6.47. The molecule has 2 aromatic carbocycles. The summed E-state index contributed by atoms with van der Waals surface area (Å²) in [6.07, 6.45) is 2.82. The van der Waals surface area contributed by atoms with Gasteiger partial charge in [0.1, 0.15) is 28.6 Å². The van der Waals surface area contributed by atoms with E-state index in [1.54, 1.807) is 24.4 Å². The van der Waals surface area contributed by atoms with Gasteiger partial charge >= 0.3 is 0 Å². The van der Waals surface area contributed by atoms with Crippen LogP contribution >= 0.6 is 0 Å². The zero-order chi connectivity index (χ0) is 25.1. The molecule has 4 rings (SSSR count). The van der Waals surface area contributed by atoms with E-state index in [0.29, 0.717) is 17.1 Å². The number of hydrogen-bond donors (Lipinski definition) is 1. The Labute approximate surface area is 203 Å². The third-order valence-corrected chi connectivity index (χ3v) is 5.42. The van der Waals surface area contributed by atoms with Crippen molar-refractivity contribution in [1.29, 1.82) is 5.26 Å². The van der Waals surface area contributed by atoms with Crippen LogP contribution in [0.4, 0.5) is 5.69 Å². The largest absolute Gasteiger partial charge is 0.438 e. The lowest BCUT2D eigenvalue weighted by Crippen LogP contribution is -2.20. The van der Waals surface area contributed by atoms with Gasteiger partial charge < -0.3 is 10.1 Å². The summed E-state index contributed by atoms with van der Waals surface area (Å²) in [7, 11) is 0. The van der Waals surface area contributed by atoms with E-state index in [-0.39, 0.29) is 17.0 Å². The smallest absolute Gasteiger partial charge is 0.269 e. The normalized spacial score (nSPS) is 11.2. The van der Waals surface area contributed by atoms with E-state index in [4.69, 9.17) is 4.74 Å². The van der Waals surface area contributed by atoms with Gasteiger partial charge in [-0.3, -0.25) is 14.0 Å². The van der Waals surface area contributed by atoms with Crippen LogP contribution in [-0.2, 0) is 4.79 Å². The highest BCUT2D eigenvalue weighted by Gasteiger charge is 2.18. The van der Waals surface area contributed by atoms with Crippen molar-refractivity contribution >= 4 is 23.3 Å². The number of aromatic nitrogens is 2. The molecule has 0 fully saturated rings. The highest BCUT2D eigenvalue weighted by molar-refractivity contribution is 6.09. The molecular weight excluding hydrogens is 440 g/mol. The zero-order valence-corrected chi connectivity index (χ0v) is 19.9. The molecule has 0 aliphatic carbocycles. The Bertz CT molecular complexity index is 1560. The van der Waals surface area contributed by atoms with Gasteiger partial charge in [-0.2, -0.15) is 10.2 Å². The number of nitrogens with one attached hydrogen (secondary N) is 1. The van der Waals surface area contributed by atoms with E-state index in [1.165, 1.54) is 10.5 Å². The first kappa shape index (κ1) is 23.5. The molecular formula is C28H24N4O3. The maximum absolute atomic E-state index is 13.5. The van der Waals surface area contributed by atoms with E-state index in [2.05, 4.69) is 10.3 Å². The summed E-state index contributed by atoms with van der Waals surface area (Å²) in [5, 5.41) is 12.4. The van der Waals surface area contributed by atoms with Gasteiger partial charge in [0.05, 0.1) is 0 Å². The summed E-state index contributed by atoms with van der Waals surface area (Å²) >= 11 is 0. The number of carbonyl (C=O) groups excluding carboxylic acids is 1. The molecule has 2 heterocycles. The van der Waals surface area contributed by atoms with Crippen molar-refractivity contribution < 1.29 is 9.53 Å². The first-order valence-corrected chi connectivity index (χ1v) is 11.0. The number of nitriles is 1. The van der Waals surface area contributed by atoms with Crippen molar-refractivity contribution in [3.05, 3.63) is 105 Å². The number of rotatable bonds is 5. The third kappa shape index (κ3) is 5.12. The molecule has 0 saturated carbocycles. The minimum absolute atomic E-state index is 0.00265. The second-order valence-corrected chi connectivity index (χ2v) is 8.44. The number of anilines is 1. The van der Waals surface area contributed by atoms with Crippen molar-refractivity contribution in [1.82, 2.24) is 9.38 Å². The second-order valence-electron chi connectivity index (χ2n) is 8.44. The number of nitrogens with zero attached hydrogens (tertiary/aromatic N) is 3. The van der Waals surface area contributed by atoms with Crippen LogP contribution in [0.2, 0.25) is 0 Å². The lowest BCUT2D eigenvalue weighted by atomic mass is 10.1. The highest BCUT2D eigenvalue weighted by Crippen LogP contribution is 2.26. The van der Waals surface area contributed by atoms with Gasteiger partial charge in [0.2, 0.25) is 5.88 Å². The molecule has 0 unspecified atom stereocenters. The van der Waals surface area contributed by atoms with Crippen LogP contribution in [0.15, 0.2) is 71.2 Å². The molecule has 1 amide bonds. The number of benzene rings is 2. The van der Waals surface area contributed by atoms with Gasteiger partial charge in [-0.1, -0.05) is 29.8 Å². The Morgan fingerprint density at radius 1 is 1.03 bits per heavy atom. The molecule has 4 aromatic rings. The first-order valence-electron chi connectivity index (χ1n) is 11.0. The lowest BCUT2D eigenvalue weighted by Gasteiger charge is -2.12. The monoisotopic (exact) mass is 464 g/mol. The third-order valence-electron chi connectivity index (χ3n) is 5.42. The van der Waals surface area contributed by atoms with Crippen molar-refractivity contribution in [2.75, 3.05) is 5.32 Å². The summed E-state index contributed by atoms with van der Waals surface area (Å²) in [5.41, 5.74) is 4.07. The molecule has 2 aromatic heterocycles. The van der Waals surface area contributed by atoms with Gasteiger partial charge in [0.15, 0.2) is 0 Å². The van der Waals surface area contributed by atoms with Gasteiger partial charge in [-0.25, -0.2) is 0 Å². The Hall–Kier alpha value is -4.70. The average molecular weight is 465 g/mol. The molecule has 0 aliphatic heterocycles. The number of carbonyl (C=O) groups is 1. The standard InChI is InChI=1S/C28H24N4O3/c1-17-7-9-22(10-8-17)30-26(33)21(16-29)15-24-27(35-23-13-18(2)12-19(3)14-23)31-25-20(4)6-5-11-32(25)28(24)34/h5-15H,1-4H3,(H,30,33). The summed E-state index contributed by atoms with van der Waals surface area (Å²) in [6, 6.07) is 18.3. The Morgan fingerprint density at radius 3 is 2.37 bits per heavy atom. The minimum Gasteiger partial charge on any atom is -0.438 e. The topological polar surface area (TPSA) is 96.5 Å². The van der Waals surface area contributed by atoms with Crippen LogP contribution in [0, 0.1) is 39.0 Å². The van der Waals surface area contributed by atoms with Crippen LogP contribution < -0.4 is 15.6 Å². The molecule has 0 saturated heterocycles. The van der Waals surface area contributed by atoms with E-state index < -0.39 is 11.5 Å². The summed E-state index contributed by atoms with van der Waals surface area (Å²) in [4.78, 5) is 30.9. The van der Waals surface area contributed by atoms with E-state index in [0.717, 1.165) is 22.3 Å². The van der Waals surface area contributed by atoms with Crippen LogP contribution in [0.1, 0.15) is 27.8 Å². The number of amides is 1. The van der Waals surface area contributed by atoms with Gasteiger partial charge in [0.25, 0.3) is 11.5 Å². The maximum Gasteiger partial charge on any atom is 0.269 e. The molecule has 1 N–H and O–H groups in total. The zero-order valence-electron chi connectivity index (χ0n) is 19.9. The summed E-state index contributed by atoms with van der Waals surface area (Å²) in [5.74, 6) is -0.114. The van der Waals surface area contributed by atoms with E-state index >= 15 is 0 Å². The number of aryl methyl sites for hydroxylation is 4. The second kappa shape index (κ2) is 9.65. The van der Waals surface area contributed by atoms with Crippen molar-refractivity contribution in [2.45, 2.75) is 27.7 Å². The maximum atomic E-state index is 13.5. The number of ether oxygens (including phenoxy) is 1. The van der Waals surface area contributed by atoms with Crippen molar-refractivity contribution in [3.63, 3.8) is 0 Å². The van der Waals surface area contributed by atoms with Crippen LogP contribution in [0.5, 0.6) is 11.6 Å². The fraction of sp³-hybridized carbons (Fsp3) is 0.143. The number of hydrogen-bond acceptors (Lipinski definition) is 5. The van der Waals surface area contributed by atoms with Crippen molar-refractivity contribution in [2.24, 2.45) is 0 Å². The molecule has 0 aliphatic rings. The molecule has 35 heavy (non-hydrogen) atoms. The summed E-state index contributed by atoms with van der Waals surface area (Å²) in [6.45, 7) is 7.66. The van der Waals surface area contributed by atoms with Crippen LogP contribution in [0.25, 0.3) is 11.7 Å². The van der Waals surface area contributed by atoms with E-state index in [1.807, 2.05) is 70.2 Å². The van der Waals surface area contributed by atoms with Crippen molar-refractivity contribution in [3.8, 4) is 17.7 Å². The molecule has 174 valence electrons. The molecule has 0 atom stereocenters. The number of pyridine rings is 1. The fourth-order valence-electron chi connectivity index (χ4n) is 3.73. The SMILES string of the molecule is Cc1ccc(NC(=O)C(C#N)=Cc2c(Oc3cc(C)cc(C)c3)nc3c(C)cccn3c2=O)cc1. The van der Waals surface area contributed by atoms with Gasteiger partial charge in [-0.15, -0.1) is 0 Å². The minimum atomic E-state index is -0.637. The van der Waals surface area contributed by atoms with Gasteiger partial charge in [0, 0.05) is 11.9 Å². The van der Waals surface area contributed by atoms with Gasteiger partial charge in [-0.05, 0) is 80.8 Å². The molecule has 0 radical (unpaired) electrons.